The number of hydrogen-bond donors (Lipinski definition) is 0. The first-order chi connectivity index (χ1) is 27.3. The van der Waals surface area contributed by atoms with Gasteiger partial charge in [-0.25, -0.2) is 0 Å². The normalized spacial score (nSPS) is 11.6. The van der Waals surface area contributed by atoms with Crippen LogP contribution in [0, 0.1) is 0 Å². The molecule has 0 atom stereocenters. The lowest BCUT2D eigenvalue weighted by molar-refractivity contribution is 0.669. The Morgan fingerprint density at radius 1 is 0.364 bits per heavy atom. The summed E-state index contributed by atoms with van der Waals surface area (Å²) in [5, 5.41) is 7.33. The van der Waals surface area contributed by atoms with Gasteiger partial charge in [-0.2, -0.15) is 0 Å². The molecule has 11 aromatic rings. The quantitative estimate of drug-likeness (QED) is 0.170. The van der Waals surface area contributed by atoms with Gasteiger partial charge in [-0.1, -0.05) is 146 Å². The van der Waals surface area contributed by atoms with Crippen LogP contribution in [0.2, 0.25) is 0 Å². The Labute approximate surface area is 322 Å². The minimum Gasteiger partial charge on any atom is -0.456 e. The predicted molar refractivity (Wildman–Crippen MR) is 235 cm³/mol. The standard InChI is InChI=1S/C52H33NOS/c1-2-20-39-34(14-1)15-11-26-42(39)43-21-3-6-27-46(43)53(37-18-9-16-35(32-37)40-24-12-29-48-51(40)44-22-4-7-28-47(44)54-48)38-19-10-17-36(33-38)41-25-13-31-50-52(41)45-23-5-8-30-49(45)55-50/h1-33H. The molecule has 0 aliphatic rings. The smallest absolute Gasteiger partial charge is 0.136 e. The first kappa shape index (κ1) is 31.6. The van der Waals surface area contributed by atoms with Gasteiger partial charge in [0, 0.05) is 47.9 Å². The summed E-state index contributed by atoms with van der Waals surface area (Å²) in [5.74, 6) is 0. The maximum Gasteiger partial charge on any atom is 0.136 e. The molecule has 0 fully saturated rings. The van der Waals surface area contributed by atoms with Gasteiger partial charge in [0.15, 0.2) is 0 Å². The Balaban J connectivity index is 1.15. The third-order valence-electron chi connectivity index (χ3n) is 10.9. The summed E-state index contributed by atoms with van der Waals surface area (Å²) in [4.78, 5) is 2.43. The molecule has 11 rings (SSSR count). The van der Waals surface area contributed by atoms with E-state index < -0.39 is 0 Å². The molecular weight excluding hydrogens is 687 g/mol. The highest BCUT2D eigenvalue weighted by Gasteiger charge is 2.21. The van der Waals surface area contributed by atoms with Crippen LogP contribution in [0.1, 0.15) is 0 Å². The third-order valence-corrected chi connectivity index (χ3v) is 12.0. The summed E-state index contributed by atoms with van der Waals surface area (Å²) < 4.78 is 8.94. The van der Waals surface area contributed by atoms with E-state index >= 15 is 0 Å². The second kappa shape index (κ2) is 12.9. The van der Waals surface area contributed by atoms with Crippen molar-refractivity contribution in [1.82, 2.24) is 0 Å². The molecule has 0 bridgehead atoms. The Morgan fingerprint density at radius 3 is 1.75 bits per heavy atom. The van der Waals surface area contributed by atoms with Crippen LogP contribution in [0.5, 0.6) is 0 Å². The highest BCUT2D eigenvalue weighted by Crippen LogP contribution is 2.46. The summed E-state index contributed by atoms with van der Waals surface area (Å²) in [7, 11) is 0. The zero-order chi connectivity index (χ0) is 36.3. The molecule has 0 aliphatic heterocycles. The van der Waals surface area contributed by atoms with Gasteiger partial charge >= 0.3 is 0 Å². The van der Waals surface area contributed by atoms with Crippen LogP contribution in [-0.2, 0) is 0 Å². The van der Waals surface area contributed by atoms with Gasteiger partial charge in [-0.15, -0.1) is 11.3 Å². The molecule has 2 heterocycles. The molecule has 0 amide bonds. The summed E-state index contributed by atoms with van der Waals surface area (Å²) in [6.07, 6.45) is 0. The van der Waals surface area contributed by atoms with Gasteiger partial charge in [0.25, 0.3) is 0 Å². The zero-order valence-electron chi connectivity index (χ0n) is 29.8. The van der Waals surface area contributed by atoms with E-state index in [1.54, 1.807) is 0 Å². The first-order valence-electron chi connectivity index (χ1n) is 18.7. The highest BCUT2D eigenvalue weighted by molar-refractivity contribution is 7.25. The number of hydrogen-bond acceptors (Lipinski definition) is 3. The number of anilines is 3. The molecule has 0 spiro atoms. The first-order valence-corrected chi connectivity index (χ1v) is 19.5. The van der Waals surface area contributed by atoms with Crippen molar-refractivity contribution in [2.24, 2.45) is 0 Å². The van der Waals surface area contributed by atoms with E-state index in [-0.39, 0.29) is 0 Å². The summed E-state index contributed by atoms with van der Waals surface area (Å²) in [5.41, 5.74) is 12.2. The van der Waals surface area contributed by atoms with E-state index in [1.807, 2.05) is 23.5 Å². The van der Waals surface area contributed by atoms with Gasteiger partial charge in [-0.05, 0) is 93.2 Å². The Morgan fingerprint density at radius 2 is 0.909 bits per heavy atom. The minimum atomic E-state index is 0.894. The van der Waals surface area contributed by atoms with E-state index in [0.29, 0.717) is 0 Å². The SMILES string of the molecule is c1cc(-c2cccc3oc4ccccc4c23)cc(N(c2cccc(-c3cccc4sc5ccccc5c34)c2)c2ccccc2-c2cccc3ccccc23)c1. The molecule has 2 nitrogen and oxygen atoms in total. The van der Waals surface area contributed by atoms with Crippen molar-refractivity contribution in [3.8, 4) is 33.4 Å². The average molecular weight is 720 g/mol. The highest BCUT2D eigenvalue weighted by atomic mass is 32.1. The minimum absolute atomic E-state index is 0.894. The van der Waals surface area contributed by atoms with Crippen LogP contribution < -0.4 is 4.90 Å². The van der Waals surface area contributed by atoms with Crippen molar-refractivity contribution >= 4 is 81.3 Å². The monoisotopic (exact) mass is 719 g/mol. The van der Waals surface area contributed by atoms with Crippen LogP contribution in [0.4, 0.5) is 17.1 Å². The van der Waals surface area contributed by atoms with Gasteiger partial charge in [0.2, 0.25) is 0 Å². The van der Waals surface area contributed by atoms with Crippen LogP contribution in [0.25, 0.3) is 86.3 Å². The third kappa shape index (κ3) is 5.24. The van der Waals surface area contributed by atoms with Crippen molar-refractivity contribution in [2.75, 3.05) is 4.90 Å². The lowest BCUT2D eigenvalue weighted by atomic mass is 9.95. The van der Waals surface area contributed by atoms with Crippen molar-refractivity contribution in [3.63, 3.8) is 0 Å². The maximum absolute atomic E-state index is 6.33. The lowest BCUT2D eigenvalue weighted by Gasteiger charge is -2.29. The maximum atomic E-state index is 6.33. The molecule has 258 valence electrons. The summed E-state index contributed by atoms with van der Waals surface area (Å²) in [6.45, 7) is 0. The molecular formula is C52H33NOS. The molecule has 9 aromatic carbocycles. The molecule has 0 aliphatic carbocycles. The van der Waals surface area contributed by atoms with Crippen LogP contribution in [-0.4, -0.2) is 0 Å². The van der Waals surface area contributed by atoms with E-state index in [1.165, 1.54) is 53.2 Å². The van der Waals surface area contributed by atoms with Gasteiger partial charge in [0.1, 0.15) is 11.2 Å². The number of nitrogens with zero attached hydrogens (tertiary/aromatic N) is 1. The number of benzene rings is 9. The van der Waals surface area contributed by atoms with Gasteiger partial charge in [0.05, 0.1) is 5.69 Å². The summed E-state index contributed by atoms with van der Waals surface area (Å²) >= 11 is 1.86. The van der Waals surface area contributed by atoms with Crippen molar-refractivity contribution in [1.29, 1.82) is 0 Å². The number of fused-ring (bicyclic) bond motifs is 7. The molecule has 0 N–H and O–H groups in total. The fourth-order valence-corrected chi connectivity index (χ4v) is 9.57. The Kier molecular flexibility index (Phi) is 7.39. The second-order valence-electron chi connectivity index (χ2n) is 14.0. The fourth-order valence-electron chi connectivity index (χ4n) is 8.44. The molecule has 3 heteroatoms. The molecule has 0 saturated heterocycles. The summed E-state index contributed by atoms with van der Waals surface area (Å²) in [6, 6.07) is 72.3. The van der Waals surface area contributed by atoms with Crippen molar-refractivity contribution in [2.45, 2.75) is 0 Å². The topological polar surface area (TPSA) is 16.4 Å². The number of furan rings is 1. The zero-order valence-corrected chi connectivity index (χ0v) is 30.6. The molecule has 2 aromatic heterocycles. The number of rotatable bonds is 6. The molecule has 0 unspecified atom stereocenters. The second-order valence-corrected chi connectivity index (χ2v) is 15.1. The van der Waals surface area contributed by atoms with Gasteiger partial charge in [-0.3, -0.25) is 0 Å². The number of thiophene rings is 1. The predicted octanol–water partition coefficient (Wildman–Crippen LogP) is 15.6. The van der Waals surface area contributed by atoms with E-state index in [2.05, 4.69) is 193 Å². The van der Waals surface area contributed by atoms with E-state index in [0.717, 1.165) is 50.1 Å². The Hall–Kier alpha value is -6.94. The van der Waals surface area contributed by atoms with Crippen LogP contribution >= 0.6 is 11.3 Å². The Bertz CT molecular complexity index is 3080. The molecule has 0 saturated carbocycles. The van der Waals surface area contributed by atoms with E-state index in [4.69, 9.17) is 4.42 Å². The van der Waals surface area contributed by atoms with Crippen molar-refractivity contribution < 1.29 is 4.42 Å². The van der Waals surface area contributed by atoms with Crippen LogP contribution in [0.3, 0.4) is 0 Å². The van der Waals surface area contributed by atoms with Crippen LogP contribution in [0.15, 0.2) is 205 Å². The fraction of sp³-hybridized carbons (Fsp3) is 0. The molecule has 55 heavy (non-hydrogen) atoms. The lowest BCUT2D eigenvalue weighted by Crippen LogP contribution is -2.11. The largest absolute Gasteiger partial charge is 0.456 e. The average Bonchev–Trinajstić information content (AvgIpc) is 3.83. The van der Waals surface area contributed by atoms with Gasteiger partial charge < -0.3 is 9.32 Å². The molecule has 0 radical (unpaired) electrons. The van der Waals surface area contributed by atoms with E-state index in [9.17, 15) is 0 Å². The number of para-hydroxylation sites is 2. The van der Waals surface area contributed by atoms with Crippen molar-refractivity contribution in [3.05, 3.63) is 200 Å².